The number of nitrogens with zero attached hydrogens (tertiary/aromatic N) is 1. The number of carbonyl (C=O) groups is 2. The molecule has 0 aliphatic rings. The van der Waals surface area contributed by atoms with Gasteiger partial charge in [0.2, 0.25) is 6.41 Å². The minimum atomic E-state index is -0.117. The van der Waals surface area contributed by atoms with E-state index in [2.05, 4.69) is 15.9 Å². The molecular weight excluding hydrogens is 342 g/mol. The summed E-state index contributed by atoms with van der Waals surface area (Å²) < 4.78 is 0.755. The predicted molar refractivity (Wildman–Crippen MR) is 83.5 cm³/mol. The van der Waals surface area contributed by atoms with Gasteiger partial charge in [-0.25, -0.2) is 0 Å². The van der Waals surface area contributed by atoms with Crippen LogP contribution in [0.3, 0.4) is 0 Å². The van der Waals surface area contributed by atoms with Crippen LogP contribution in [0, 0.1) is 0 Å². The Balaban J connectivity index is 2.31. The van der Waals surface area contributed by atoms with Crippen LogP contribution >= 0.6 is 27.5 Å². The molecular formula is C15H11BrClNO2. The summed E-state index contributed by atoms with van der Waals surface area (Å²) in [5, 5.41) is 0.500. The molecule has 0 saturated heterocycles. The van der Waals surface area contributed by atoms with E-state index in [9.17, 15) is 9.59 Å². The SMILES string of the molecule is CN(C=O)c1ccc(C(=O)c2cc(Cl)cc(Br)c2)cc1. The molecule has 2 aromatic carbocycles. The number of anilines is 1. The molecule has 0 saturated carbocycles. The third-order valence-electron chi connectivity index (χ3n) is 2.82. The zero-order chi connectivity index (χ0) is 14.7. The fraction of sp³-hybridized carbons (Fsp3) is 0.0667. The Labute approximate surface area is 130 Å². The molecule has 0 heterocycles. The van der Waals surface area contributed by atoms with Gasteiger partial charge < -0.3 is 4.90 Å². The van der Waals surface area contributed by atoms with Gasteiger partial charge in [-0.3, -0.25) is 9.59 Å². The number of hydrogen-bond donors (Lipinski definition) is 0. The monoisotopic (exact) mass is 351 g/mol. The second-order valence-electron chi connectivity index (χ2n) is 4.25. The standard InChI is InChI=1S/C15H11BrClNO2/c1-18(9-19)14-4-2-10(3-5-14)15(20)11-6-12(16)8-13(17)7-11/h2-9H,1H3. The molecule has 0 aliphatic heterocycles. The van der Waals surface area contributed by atoms with Crippen LogP contribution in [-0.4, -0.2) is 19.2 Å². The summed E-state index contributed by atoms with van der Waals surface area (Å²) in [4.78, 5) is 24.4. The minimum Gasteiger partial charge on any atom is -0.318 e. The van der Waals surface area contributed by atoms with Gasteiger partial charge in [0.25, 0.3) is 0 Å². The highest BCUT2D eigenvalue weighted by molar-refractivity contribution is 9.10. The maximum absolute atomic E-state index is 12.3. The molecule has 2 rings (SSSR count). The quantitative estimate of drug-likeness (QED) is 0.617. The zero-order valence-corrected chi connectivity index (χ0v) is 13.0. The average Bonchev–Trinajstić information content (AvgIpc) is 2.45. The smallest absolute Gasteiger partial charge is 0.213 e. The Morgan fingerprint density at radius 3 is 2.35 bits per heavy atom. The van der Waals surface area contributed by atoms with E-state index >= 15 is 0 Å². The van der Waals surface area contributed by atoms with Crippen LogP contribution in [0.4, 0.5) is 5.69 Å². The number of ketones is 1. The van der Waals surface area contributed by atoms with Crippen molar-refractivity contribution in [3.05, 3.63) is 63.1 Å². The summed E-state index contributed by atoms with van der Waals surface area (Å²) in [7, 11) is 1.65. The van der Waals surface area contributed by atoms with Crippen LogP contribution in [-0.2, 0) is 4.79 Å². The van der Waals surface area contributed by atoms with Crippen LogP contribution in [0.1, 0.15) is 15.9 Å². The van der Waals surface area contributed by atoms with Crippen molar-refractivity contribution >= 4 is 45.4 Å². The number of amides is 1. The summed E-state index contributed by atoms with van der Waals surface area (Å²) in [5.74, 6) is -0.117. The Hall–Kier alpha value is -1.65. The van der Waals surface area contributed by atoms with Gasteiger partial charge in [-0.05, 0) is 42.5 Å². The van der Waals surface area contributed by atoms with Gasteiger partial charge >= 0.3 is 0 Å². The summed E-state index contributed by atoms with van der Waals surface area (Å²) >= 11 is 9.25. The number of rotatable bonds is 4. The molecule has 0 bridgehead atoms. The van der Waals surface area contributed by atoms with Gasteiger partial charge in [0.15, 0.2) is 5.78 Å². The van der Waals surface area contributed by atoms with Crippen LogP contribution in [0.2, 0.25) is 5.02 Å². The minimum absolute atomic E-state index is 0.117. The van der Waals surface area contributed by atoms with Crippen molar-refractivity contribution in [2.45, 2.75) is 0 Å². The fourth-order valence-electron chi connectivity index (χ4n) is 1.76. The van der Waals surface area contributed by atoms with Crippen molar-refractivity contribution in [2.24, 2.45) is 0 Å². The highest BCUT2D eigenvalue weighted by atomic mass is 79.9. The fourth-order valence-corrected chi connectivity index (χ4v) is 2.62. The van der Waals surface area contributed by atoms with Crippen LogP contribution in [0.25, 0.3) is 0 Å². The Morgan fingerprint density at radius 2 is 1.80 bits per heavy atom. The lowest BCUT2D eigenvalue weighted by molar-refractivity contribution is -0.107. The highest BCUT2D eigenvalue weighted by Crippen LogP contribution is 2.22. The Bertz CT molecular complexity index is 635. The van der Waals surface area contributed by atoms with Gasteiger partial charge in [-0.15, -0.1) is 0 Å². The maximum Gasteiger partial charge on any atom is 0.213 e. The number of benzene rings is 2. The van der Waals surface area contributed by atoms with Crippen LogP contribution in [0.5, 0.6) is 0 Å². The van der Waals surface area contributed by atoms with E-state index in [4.69, 9.17) is 11.6 Å². The first-order valence-electron chi connectivity index (χ1n) is 5.80. The summed E-state index contributed by atoms with van der Waals surface area (Å²) in [6.07, 6.45) is 0.713. The molecule has 0 aromatic heterocycles. The third-order valence-corrected chi connectivity index (χ3v) is 3.50. The molecule has 3 nitrogen and oxygen atoms in total. The van der Waals surface area contributed by atoms with Gasteiger partial charge in [-0.2, -0.15) is 0 Å². The van der Waals surface area contributed by atoms with Crippen molar-refractivity contribution in [3.8, 4) is 0 Å². The molecule has 20 heavy (non-hydrogen) atoms. The number of carbonyl (C=O) groups excluding carboxylic acids is 2. The molecule has 0 atom stereocenters. The number of halogens is 2. The first-order chi connectivity index (χ1) is 9.51. The van der Waals surface area contributed by atoms with E-state index < -0.39 is 0 Å². The lowest BCUT2D eigenvalue weighted by Crippen LogP contribution is -2.13. The zero-order valence-electron chi connectivity index (χ0n) is 10.6. The predicted octanol–water partition coefficient (Wildman–Crippen LogP) is 3.93. The summed E-state index contributed by atoms with van der Waals surface area (Å²) in [6, 6.07) is 11.9. The topological polar surface area (TPSA) is 37.4 Å². The van der Waals surface area contributed by atoms with Crippen LogP contribution in [0.15, 0.2) is 46.9 Å². The first-order valence-corrected chi connectivity index (χ1v) is 6.97. The van der Waals surface area contributed by atoms with E-state index in [1.165, 1.54) is 4.90 Å². The second-order valence-corrected chi connectivity index (χ2v) is 5.60. The molecule has 1 amide bonds. The number of hydrogen-bond acceptors (Lipinski definition) is 2. The molecule has 2 aromatic rings. The summed E-state index contributed by atoms with van der Waals surface area (Å²) in [6.45, 7) is 0. The molecule has 0 aliphatic carbocycles. The molecule has 102 valence electrons. The third kappa shape index (κ3) is 3.26. The maximum atomic E-state index is 12.3. The van der Waals surface area contributed by atoms with Crippen molar-refractivity contribution in [1.29, 1.82) is 0 Å². The van der Waals surface area contributed by atoms with Gasteiger partial charge in [0.05, 0.1) is 0 Å². The van der Waals surface area contributed by atoms with Crippen molar-refractivity contribution in [2.75, 3.05) is 11.9 Å². The molecule has 0 fully saturated rings. The van der Waals surface area contributed by atoms with Gasteiger partial charge in [0, 0.05) is 33.4 Å². The Kier molecular flexibility index (Phi) is 4.57. The molecule has 5 heteroatoms. The highest BCUT2D eigenvalue weighted by Gasteiger charge is 2.11. The lowest BCUT2D eigenvalue weighted by Gasteiger charge is -2.11. The van der Waals surface area contributed by atoms with Crippen molar-refractivity contribution in [1.82, 2.24) is 0 Å². The second kappa shape index (κ2) is 6.20. The van der Waals surface area contributed by atoms with E-state index in [1.54, 1.807) is 49.5 Å². The van der Waals surface area contributed by atoms with E-state index in [0.717, 1.165) is 10.2 Å². The van der Waals surface area contributed by atoms with Crippen molar-refractivity contribution in [3.63, 3.8) is 0 Å². The van der Waals surface area contributed by atoms with E-state index in [1.807, 2.05) is 0 Å². The first kappa shape index (κ1) is 14.8. The van der Waals surface area contributed by atoms with Gasteiger partial charge in [-0.1, -0.05) is 27.5 Å². The largest absolute Gasteiger partial charge is 0.318 e. The molecule has 0 radical (unpaired) electrons. The molecule has 0 spiro atoms. The summed E-state index contributed by atoms with van der Waals surface area (Å²) in [5.41, 5.74) is 1.78. The lowest BCUT2D eigenvalue weighted by atomic mass is 10.0. The average molecular weight is 353 g/mol. The van der Waals surface area contributed by atoms with E-state index in [0.29, 0.717) is 22.6 Å². The molecule has 0 unspecified atom stereocenters. The normalized spacial score (nSPS) is 10.2. The van der Waals surface area contributed by atoms with Crippen LogP contribution < -0.4 is 4.90 Å². The Morgan fingerprint density at radius 1 is 1.15 bits per heavy atom. The van der Waals surface area contributed by atoms with Gasteiger partial charge in [0.1, 0.15) is 0 Å². The molecule has 0 N–H and O–H groups in total. The van der Waals surface area contributed by atoms with E-state index in [-0.39, 0.29) is 5.78 Å². The van der Waals surface area contributed by atoms with Crippen molar-refractivity contribution < 1.29 is 9.59 Å².